The monoisotopic (exact) mass is 440 g/mol. The van der Waals surface area contributed by atoms with Crippen LogP contribution in [-0.4, -0.2) is 21.6 Å². The van der Waals surface area contributed by atoms with E-state index in [1.165, 1.54) is 24.3 Å². The number of hydrogen-bond acceptors (Lipinski definition) is 3. The Balaban J connectivity index is 1.45. The molecule has 0 saturated heterocycles. The molecule has 1 aliphatic rings. The minimum Gasteiger partial charge on any atom is -0.326 e. The van der Waals surface area contributed by atoms with E-state index in [2.05, 4.69) is 10.6 Å². The van der Waals surface area contributed by atoms with Crippen molar-refractivity contribution in [1.29, 1.82) is 0 Å². The number of hydrogen-bond donors (Lipinski definition) is 2. The number of anilines is 2. The highest BCUT2D eigenvalue weighted by Gasteiger charge is 2.34. The van der Waals surface area contributed by atoms with Gasteiger partial charge < -0.3 is 10.6 Å². The number of benzene rings is 3. The lowest BCUT2D eigenvalue weighted by Crippen LogP contribution is -2.33. The molecule has 0 aliphatic carbocycles. The van der Waals surface area contributed by atoms with Gasteiger partial charge >= 0.3 is 0 Å². The summed E-state index contributed by atoms with van der Waals surface area (Å²) in [7, 11) is 0. The van der Waals surface area contributed by atoms with Crippen LogP contribution in [0.2, 0.25) is 0 Å². The van der Waals surface area contributed by atoms with Crippen LogP contribution in [0, 0.1) is 11.7 Å². The molecule has 0 radical (unpaired) electrons. The highest BCUT2D eigenvalue weighted by Crippen LogP contribution is 2.36. The van der Waals surface area contributed by atoms with Crippen LogP contribution in [-0.2, 0) is 16.0 Å². The molecule has 1 atom stereocenters. The van der Waals surface area contributed by atoms with Crippen molar-refractivity contribution in [3.8, 4) is 16.9 Å². The van der Waals surface area contributed by atoms with Crippen LogP contribution in [0.3, 0.4) is 0 Å². The number of halogens is 1. The topological polar surface area (TPSA) is 76.0 Å². The van der Waals surface area contributed by atoms with Crippen LogP contribution in [0.4, 0.5) is 15.9 Å². The van der Waals surface area contributed by atoms with Gasteiger partial charge in [-0.05, 0) is 42.8 Å². The van der Waals surface area contributed by atoms with Crippen molar-refractivity contribution >= 4 is 23.3 Å². The first-order chi connectivity index (χ1) is 16.1. The van der Waals surface area contributed by atoms with E-state index in [1.807, 2.05) is 60.7 Å². The van der Waals surface area contributed by atoms with E-state index in [1.54, 1.807) is 4.68 Å². The van der Waals surface area contributed by atoms with Crippen molar-refractivity contribution in [3.05, 3.63) is 96.3 Å². The number of aromatic nitrogens is 2. The van der Waals surface area contributed by atoms with Gasteiger partial charge in [-0.1, -0.05) is 48.5 Å². The molecule has 0 fully saturated rings. The Labute approximate surface area is 190 Å². The first kappa shape index (κ1) is 20.6. The number of amides is 2. The van der Waals surface area contributed by atoms with Crippen LogP contribution in [0.15, 0.2) is 84.9 Å². The maximum Gasteiger partial charge on any atom is 0.229 e. The average Bonchev–Trinajstić information content (AvgIpc) is 3.20. The zero-order chi connectivity index (χ0) is 22.8. The zero-order valence-corrected chi connectivity index (χ0v) is 17.7. The van der Waals surface area contributed by atoms with E-state index in [9.17, 15) is 14.0 Å². The third-order valence-corrected chi connectivity index (χ3v) is 5.65. The van der Waals surface area contributed by atoms with Crippen LogP contribution in [0.5, 0.6) is 0 Å². The number of rotatable bonds is 5. The van der Waals surface area contributed by atoms with Crippen LogP contribution in [0.1, 0.15) is 12.0 Å². The molecule has 164 valence electrons. The summed E-state index contributed by atoms with van der Waals surface area (Å²) in [5.74, 6) is -0.833. The first-order valence-electron chi connectivity index (χ1n) is 10.7. The minimum atomic E-state index is -0.547. The molecule has 6 nitrogen and oxygen atoms in total. The van der Waals surface area contributed by atoms with E-state index in [0.29, 0.717) is 17.9 Å². The van der Waals surface area contributed by atoms with Gasteiger partial charge in [0.05, 0.1) is 17.3 Å². The molecule has 1 aromatic heterocycles. The molecule has 0 saturated carbocycles. The Kier molecular flexibility index (Phi) is 5.44. The summed E-state index contributed by atoms with van der Waals surface area (Å²) >= 11 is 0. The smallest absolute Gasteiger partial charge is 0.229 e. The van der Waals surface area contributed by atoms with Gasteiger partial charge in [0.1, 0.15) is 11.6 Å². The summed E-state index contributed by atoms with van der Waals surface area (Å²) in [5.41, 5.74) is 3.93. The maximum absolute atomic E-state index is 13.1. The maximum atomic E-state index is 13.1. The van der Waals surface area contributed by atoms with E-state index in [0.717, 1.165) is 22.5 Å². The molecule has 2 amide bonds. The minimum absolute atomic E-state index is 0.00734. The molecule has 0 bridgehead atoms. The van der Waals surface area contributed by atoms with E-state index in [-0.39, 0.29) is 24.1 Å². The molecule has 7 heteroatoms. The summed E-state index contributed by atoms with van der Waals surface area (Å²) in [6, 6.07) is 24.9. The molecular formula is C26H21FN4O2. The summed E-state index contributed by atoms with van der Waals surface area (Å²) < 4.78 is 14.9. The van der Waals surface area contributed by atoms with Crippen molar-refractivity contribution in [2.24, 2.45) is 5.92 Å². The van der Waals surface area contributed by atoms with Crippen LogP contribution < -0.4 is 10.6 Å². The third kappa shape index (κ3) is 4.25. The van der Waals surface area contributed by atoms with Crippen molar-refractivity contribution in [2.75, 3.05) is 10.6 Å². The summed E-state index contributed by atoms with van der Waals surface area (Å²) in [4.78, 5) is 25.5. The third-order valence-electron chi connectivity index (χ3n) is 5.65. The summed E-state index contributed by atoms with van der Waals surface area (Å²) in [6.07, 6.45) is 0.391. The Morgan fingerprint density at radius 2 is 1.67 bits per heavy atom. The SMILES string of the molecule is O=C(CC1Cc2c(-c3ccccc3)nn(-c3ccccc3)c2NC1=O)Nc1ccc(F)cc1. The van der Waals surface area contributed by atoms with Gasteiger partial charge in [-0.15, -0.1) is 0 Å². The second-order valence-corrected chi connectivity index (χ2v) is 7.94. The Bertz CT molecular complexity index is 1300. The lowest BCUT2D eigenvalue weighted by atomic mass is 9.90. The highest BCUT2D eigenvalue weighted by atomic mass is 19.1. The molecule has 33 heavy (non-hydrogen) atoms. The van der Waals surface area contributed by atoms with Crippen LogP contribution in [0.25, 0.3) is 16.9 Å². The molecular weight excluding hydrogens is 419 g/mol. The molecule has 2 N–H and O–H groups in total. The predicted octanol–water partition coefficient (Wildman–Crippen LogP) is 4.82. The molecule has 3 aromatic carbocycles. The predicted molar refractivity (Wildman–Crippen MR) is 124 cm³/mol. The van der Waals surface area contributed by atoms with Crippen LogP contribution >= 0.6 is 0 Å². The number of nitrogens with zero attached hydrogens (tertiary/aromatic N) is 2. The quantitative estimate of drug-likeness (QED) is 0.467. The second-order valence-electron chi connectivity index (χ2n) is 7.94. The van der Waals surface area contributed by atoms with Crippen molar-refractivity contribution in [1.82, 2.24) is 9.78 Å². The van der Waals surface area contributed by atoms with Crippen molar-refractivity contribution in [3.63, 3.8) is 0 Å². The normalized spacial score (nSPS) is 14.9. The number of nitrogens with one attached hydrogen (secondary N) is 2. The Morgan fingerprint density at radius 3 is 2.36 bits per heavy atom. The van der Waals surface area contributed by atoms with Gasteiger partial charge in [0, 0.05) is 23.2 Å². The lowest BCUT2D eigenvalue weighted by molar-refractivity contribution is -0.125. The number of para-hydroxylation sites is 1. The standard InChI is InChI=1S/C26H21FN4O2/c27-19-11-13-20(14-12-19)28-23(32)16-18-15-22-24(17-7-3-1-4-8-17)30-31(25(22)29-26(18)33)21-9-5-2-6-10-21/h1-14,18H,15-16H2,(H,28,32)(H,29,33). The van der Waals surface area contributed by atoms with Gasteiger partial charge in [-0.25, -0.2) is 9.07 Å². The highest BCUT2D eigenvalue weighted by molar-refractivity contribution is 6.00. The number of carbonyl (C=O) groups is 2. The largest absolute Gasteiger partial charge is 0.326 e. The first-order valence-corrected chi connectivity index (χ1v) is 10.7. The van der Waals surface area contributed by atoms with Crippen molar-refractivity contribution in [2.45, 2.75) is 12.8 Å². The molecule has 2 heterocycles. The van der Waals surface area contributed by atoms with Gasteiger partial charge in [-0.3, -0.25) is 9.59 Å². The molecule has 1 unspecified atom stereocenters. The fourth-order valence-electron chi connectivity index (χ4n) is 4.05. The summed E-state index contributed by atoms with van der Waals surface area (Å²) in [5, 5.41) is 10.5. The second kappa shape index (κ2) is 8.70. The average molecular weight is 440 g/mol. The fraction of sp³-hybridized carbons (Fsp3) is 0.115. The molecule has 1 aliphatic heterocycles. The van der Waals surface area contributed by atoms with E-state index in [4.69, 9.17) is 5.10 Å². The molecule has 0 spiro atoms. The van der Waals surface area contributed by atoms with Gasteiger partial charge in [0.15, 0.2) is 0 Å². The van der Waals surface area contributed by atoms with Gasteiger partial charge in [-0.2, -0.15) is 5.10 Å². The Hall–Kier alpha value is -4.26. The fourth-order valence-corrected chi connectivity index (χ4v) is 4.05. The van der Waals surface area contributed by atoms with E-state index < -0.39 is 5.92 Å². The molecule has 5 rings (SSSR count). The zero-order valence-electron chi connectivity index (χ0n) is 17.7. The Morgan fingerprint density at radius 1 is 1.00 bits per heavy atom. The van der Waals surface area contributed by atoms with Gasteiger partial charge in [0.2, 0.25) is 11.8 Å². The van der Waals surface area contributed by atoms with E-state index >= 15 is 0 Å². The lowest BCUT2D eigenvalue weighted by Gasteiger charge is -2.23. The molecule has 4 aromatic rings. The van der Waals surface area contributed by atoms with Crippen molar-refractivity contribution < 1.29 is 14.0 Å². The number of carbonyl (C=O) groups excluding carboxylic acids is 2. The van der Waals surface area contributed by atoms with Gasteiger partial charge in [0.25, 0.3) is 0 Å². The summed E-state index contributed by atoms with van der Waals surface area (Å²) in [6.45, 7) is 0. The number of fused-ring (bicyclic) bond motifs is 1.